The number of fused-ring (bicyclic) bond motifs is 1. The van der Waals surface area contributed by atoms with Gasteiger partial charge in [-0.2, -0.15) is 0 Å². The molecule has 2 aromatic heterocycles. The number of hydrogen-bond acceptors (Lipinski definition) is 4. The summed E-state index contributed by atoms with van der Waals surface area (Å²) in [7, 11) is 0. The molecule has 2 N–H and O–H groups in total. The van der Waals surface area contributed by atoms with E-state index in [-0.39, 0.29) is 18.5 Å². The van der Waals surface area contributed by atoms with Crippen LogP contribution < -0.4 is 5.32 Å². The maximum absolute atomic E-state index is 14.0. The van der Waals surface area contributed by atoms with E-state index in [1.165, 1.54) is 6.07 Å². The fraction of sp³-hybridized carbons (Fsp3) is 0.235. The van der Waals surface area contributed by atoms with Gasteiger partial charge in [0, 0.05) is 28.3 Å². The lowest BCUT2D eigenvalue weighted by Crippen LogP contribution is -2.12. The third kappa shape index (κ3) is 2.96. The molecule has 5 heteroatoms. The number of para-hydroxylation sites is 1. The summed E-state index contributed by atoms with van der Waals surface area (Å²) in [6, 6.07) is 10.9. The van der Waals surface area contributed by atoms with Crippen LogP contribution in [0.4, 0.5) is 10.1 Å². The van der Waals surface area contributed by atoms with Crippen LogP contribution >= 0.6 is 11.3 Å². The van der Waals surface area contributed by atoms with E-state index >= 15 is 0 Å². The lowest BCUT2D eigenvalue weighted by atomic mass is 10.1. The van der Waals surface area contributed by atoms with Crippen LogP contribution in [0.3, 0.4) is 0 Å². The molecule has 0 spiro atoms. The third-order valence-corrected chi connectivity index (χ3v) is 4.54. The largest absolute Gasteiger partial charge is 0.396 e. The van der Waals surface area contributed by atoms with Gasteiger partial charge in [-0.1, -0.05) is 18.2 Å². The minimum absolute atomic E-state index is 0.00160. The van der Waals surface area contributed by atoms with E-state index in [4.69, 9.17) is 0 Å². The van der Waals surface area contributed by atoms with Crippen molar-refractivity contribution < 1.29 is 9.50 Å². The maximum Gasteiger partial charge on any atom is 0.149 e. The summed E-state index contributed by atoms with van der Waals surface area (Å²) in [6.07, 6.45) is 0.596. The molecule has 0 radical (unpaired) electrons. The SMILES string of the molecule is Cc1cc(NC(CCO)c2cccs2)c2cccc(F)c2n1. The molecule has 1 atom stereocenters. The minimum Gasteiger partial charge on any atom is -0.396 e. The van der Waals surface area contributed by atoms with Gasteiger partial charge in [-0.25, -0.2) is 9.37 Å². The summed E-state index contributed by atoms with van der Waals surface area (Å²) in [5.74, 6) is -0.320. The van der Waals surface area contributed by atoms with Crippen molar-refractivity contribution in [2.45, 2.75) is 19.4 Å². The Morgan fingerprint density at radius 1 is 1.32 bits per heavy atom. The highest BCUT2D eigenvalue weighted by molar-refractivity contribution is 7.10. The predicted octanol–water partition coefficient (Wildman–Crippen LogP) is 4.28. The number of aromatic nitrogens is 1. The van der Waals surface area contributed by atoms with Crippen molar-refractivity contribution >= 4 is 27.9 Å². The Hall–Kier alpha value is -1.98. The summed E-state index contributed by atoms with van der Waals surface area (Å²) in [5, 5.41) is 15.5. The van der Waals surface area contributed by atoms with Gasteiger partial charge in [-0.15, -0.1) is 11.3 Å². The first-order chi connectivity index (χ1) is 10.7. The zero-order valence-electron chi connectivity index (χ0n) is 12.2. The molecule has 1 unspecified atom stereocenters. The van der Waals surface area contributed by atoms with Crippen LogP contribution in [0.1, 0.15) is 23.0 Å². The molecular weight excluding hydrogens is 299 g/mol. The number of nitrogens with one attached hydrogen (secondary N) is 1. The van der Waals surface area contributed by atoms with E-state index in [9.17, 15) is 9.50 Å². The molecule has 0 amide bonds. The Morgan fingerprint density at radius 3 is 2.91 bits per heavy atom. The summed E-state index contributed by atoms with van der Waals surface area (Å²) in [6.45, 7) is 1.94. The number of anilines is 1. The second-order valence-corrected chi connectivity index (χ2v) is 6.15. The Labute approximate surface area is 132 Å². The summed E-state index contributed by atoms with van der Waals surface area (Å²) in [5.41, 5.74) is 1.97. The number of aryl methyl sites for hydroxylation is 1. The van der Waals surface area contributed by atoms with E-state index in [0.29, 0.717) is 11.9 Å². The van der Waals surface area contributed by atoms with Gasteiger partial charge in [-0.05, 0) is 36.9 Å². The molecule has 1 aromatic carbocycles. The maximum atomic E-state index is 14.0. The molecule has 0 saturated carbocycles. The number of aliphatic hydroxyl groups is 1. The summed E-state index contributed by atoms with van der Waals surface area (Å²) < 4.78 is 14.0. The number of aliphatic hydroxyl groups excluding tert-OH is 1. The van der Waals surface area contributed by atoms with Crippen LogP contribution in [-0.4, -0.2) is 16.7 Å². The normalized spacial score (nSPS) is 12.5. The number of rotatable bonds is 5. The molecule has 0 aliphatic rings. The van der Waals surface area contributed by atoms with Crippen molar-refractivity contribution in [3.63, 3.8) is 0 Å². The molecule has 0 aliphatic heterocycles. The number of pyridine rings is 1. The van der Waals surface area contributed by atoms with Crippen LogP contribution in [0.2, 0.25) is 0 Å². The molecule has 0 fully saturated rings. The number of benzene rings is 1. The van der Waals surface area contributed by atoms with Gasteiger partial charge in [0.25, 0.3) is 0 Å². The van der Waals surface area contributed by atoms with Crippen molar-refractivity contribution in [1.29, 1.82) is 0 Å². The van der Waals surface area contributed by atoms with Crippen molar-refractivity contribution in [2.75, 3.05) is 11.9 Å². The highest BCUT2D eigenvalue weighted by Gasteiger charge is 2.15. The average molecular weight is 316 g/mol. The molecule has 22 heavy (non-hydrogen) atoms. The van der Waals surface area contributed by atoms with Gasteiger partial charge in [0.1, 0.15) is 11.3 Å². The van der Waals surface area contributed by atoms with E-state index in [0.717, 1.165) is 21.6 Å². The average Bonchev–Trinajstić information content (AvgIpc) is 3.02. The zero-order valence-corrected chi connectivity index (χ0v) is 13.0. The van der Waals surface area contributed by atoms with Crippen LogP contribution in [0, 0.1) is 12.7 Å². The van der Waals surface area contributed by atoms with Crippen molar-refractivity contribution in [3.05, 3.63) is 58.2 Å². The fourth-order valence-corrected chi connectivity index (χ4v) is 3.37. The summed E-state index contributed by atoms with van der Waals surface area (Å²) in [4.78, 5) is 5.44. The van der Waals surface area contributed by atoms with Crippen molar-refractivity contribution in [2.24, 2.45) is 0 Å². The molecule has 0 aliphatic carbocycles. The molecule has 3 rings (SSSR count). The van der Waals surface area contributed by atoms with Crippen LogP contribution in [0.15, 0.2) is 41.8 Å². The number of nitrogens with zero attached hydrogens (tertiary/aromatic N) is 1. The Kier molecular flexibility index (Phi) is 4.36. The Bertz CT molecular complexity index is 774. The second kappa shape index (κ2) is 6.42. The van der Waals surface area contributed by atoms with Gasteiger partial charge in [0.15, 0.2) is 0 Å². The topological polar surface area (TPSA) is 45.1 Å². The van der Waals surface area contributed by atoms with Gasteiger partial charge in [0.05, 0.1) is 6.04 Å². The van der Waals surface area contributed by atoms with E-state index in [1.54, 1.807) is 17.4 Å². The highest BCUT2D eigenvalue weighted by atomic mass is 32.1. The molecule has 3 aromatic rings. The summed E-state index contributed by atoms with van der Waals surface area (Å²) >= 11 is 1.64. The van der Waals surface area contributed by atoms with Crippen molar-refractivity contribution in [3.8, 4) is 0 Å². The lowest BCUT2D eigenvalue weighted by Gasteiger charge is -2.19. The molecule has 0 bridgehead atoms. The van der Waals surface area contributed by atoms with Gasteiger partial charge < -0.3 is 10.4 Å². The first-order valence-electron chi connectivity index (χ1n) is 7.15. The molecule has 2 heterocycles. The second-order valence-electron chi connectivity index (χ2n) is 5.17. The van der Waals surface area contributed by atoms with Crippen LogP contribution in [-0.2, 0) is 0 Å². The molecule has 3 nitrogen and oxygen atoms in total. The zero-order chi connectivity index (χ0) is 15.5. The third-order valence-electron chi connectivity index (χ3n) is 3.55. The Balaban J connectivity index is 2.03. The van der Waals surface area contributed by atoms with Crippen molar-refractivity contribution in [1.82, 2.24) is 4.98 Å². The predicted molar refractivity (Wildman–Crippen MR) is 88.8 cm³/mol. The monoisotopic (exact) mass is 316 g/mol. The first kappa shape index (κ1) is 14.9. The quantitative estimate of drug-likeness (QED) is 0.738. The van der Waals surface area contributed by atoms with Crippen LogP contribution in [0.25, 0.3) is 10.9 Å². The lowest BCUT2D eigenvalue weighted by molar-refractivity contribution is 0.280. The molecular formula is C17H17FN2OS. The first-order valence-corrected chi connectivity index (χ1v) is 8.03. The van der Waals surface area contributed by atoms with E-state index in [2.05, 4.69) is 10.3 Å². The smallest absolute Gasteiger partial charge is 0.149 e. The van der Waals surface area contributed by atoms with E-state index < -0.39 is 0 Å². The minimum atomic E-state index is -0.320. The Morgan fingerprint density at radius 2 is 2.18 bits per heavy atom. The number of hydrogen-bond donors (Lipinski definition) is 2. The van der Waals surface area contributed by atoms with Gasteiger partial charge >= 0.3 is 0 Å². The highest BCUT2D eigenvalue weighted by Crippen LogP contribution is 2.31. The standard InChI is InChI=1S/C17H17FN2OS/c1-11-10-15(12-4-2-5-13(18)17(12)19-11)20-14(7-8-21)16-6-3-9-22-16/h2-6,9-10,14,21H,7-8H2,1H3,(H,19,20). The fourth-order valence-electron chi connectivity index (χ4n) is 2.55. The van der Waals surface area contributed by atoms with Gasteiger partial charge in [-0.3, -0.25) is 0 Å². The number of thiophene rings is 1. The molecule has 0 saturated heterocycles. The molecule has 114 valence electrons. The van der Waals surface area contributed by atoms with Crippen LogP contribution in [0.5, 0.6) is 0 Å². The van der Waals surface area contributed by atoms with E-state index in [1.807, 2.05) is 36.6 Å². The van der Waals surface area contributed by atoms with Gasteiger partial charge in [0.2, 0.25) is 0 Å². The number of halogens is 1.